The molecule has 1 saturated heterocycles. The van der Waals surface area contributed by atoms with Crippen molar-refractivity contribution in [1.82, 2.24) is 5.32 Å². The van der Waals surface area contributed by atoms with Crippen molar-refractivity contribution in [3.05, 3.63) is 33.8 Å². The topological polar surface area (TPSA) is 29.1 Å². The Balaban J connectivity index is 2.30. The van der Waals surface area contributed by atoms with Gasteiger partial charge in [0.05, 0.1) is 22.5 Å². The minimum Gasteiger partial charge on any atom is -0.349 e. The first-order valence-electron chi connectivity index (χ1n) is 3.92. The molecule has 1 atom stereocenters. The van der Waals surface area contributed by atoms with Gasteiger partial charge in [-0.2, -0.15) is 0 Å². The summed E-state index contributed by atoms with van der Waals surface area (Å²) in [5.74, 6) is 0.0565. The molecule has 1 aromatic carbocycles. The second-order valence-corrected chi connectivity index (χ2v) is 3.75. The predicted molar refractivity (Wildman–Crippen MR) is 52.0 cm³/mol. The van der Waals surface area contributed by atoms with Crippen LogP contribution in [0.25, 0.3) is 0 Å². The minimum atomic E-state index is 0.0405. The van der Waals surface area contributed by atoms with Gasteiger partial charge in [-0.05, 0) is 11.6 Å². The number of hydrogen-bond acceptors (Lipinski definition) is 1. The molecule has 0 saturated carbocycles. The molecule has 2 nitrogen and oxygen atoms in total. The molecule has 1 amide bonds. The summed E-state index contributed by atoms with van der Waals surface area (Å²) in [5, 5.41) is 3.81. The summed E-state index contributed by atoms with van der Waals surface area (Å²) < 4.78 is 0. The van der Waals surface area contributed by atoms with Crippen LogP contribution in [0.5, 0.6) is 0 Å². The van der Waals surface area contributed by atoms with Crippen LogP contribution in [0.1, 0.15) is 18.0 Å². The van der Waals surface area contributed by atoms with Gasteiger partial charge in [0.15, 0.2) is 0 Å². The molecule has 1 aliphatic rings. The lowest BCUT2D eigenvalue weighted by Gasteiger charge is -2.28. The van der Waals surface area contributed by atoms with Gasteiger partial charge in [0, 0.05) is 0 Å². The van der Waals surface area contributed by atoms with E-state index in [1.807, 2.05) is 12.1 Å². The Hall–Kier alpha value is -0.730. The first-order chi connectivity index (χ1) is 6.18. The van der Waals surface area contributed by atoms with Gasteiger partial charge < -0.3 is 5.32 Å². The highest BCUT2D eigenvalue weighted by atomic mass is 35.5. The molecular weight excluding hydrogens is 209 g/mol. The quantitative estimate of drug-likeness (QED) is 0.718. The lowest BCUT2D eigenvalue weighted by molar-refractivity contribution is -0.128. The standard InChI is InChI=1S/C9H7Cl2NO/c10-6-3-1-2-5(9(6)11)7-4-8(13)12-7/h1-3,7H,4H2,(H,12,13). The van der Waals surface area contributed by atoms with Crippen LogP contribution in [0.4, 0.5) is 0 Å². The van der Waals surface area contributed by atoms with Crippen LogP contribution in [0.3, 0.4) is 0 Å². The molecule has 0 radical (unpaired) electrons. The first-order valence-corrected chi connectivity index (χ1v) is 4.67. The fourth-order valence-electron chi connectivity index (χ4n) is 1.34. The third-order valence-corrected chi connectivity index (χ3v) is 2.92. The van der Waals surface area contributed by atoms with E-state index in [9.17, 15) is 4.79 Å². The molecule has 1 N–H and O–H groups in total. The summed E-state index contributed by atoms with van der Waals surface area (Å²) in [5.41, 5.74) is 0.897. The lowest BCUT2D eigenvalue weighted by Crippen LogP contribution is -2.41. The zero-order chi connectivity index (χ0) is 9.42. The molecule has 1 aliphatic heterocycles. The van der Waals surface area contributed by atoms with Crippen LogP contribution in [-0.2, 0) is 4.79 Å². The number of hydrogen-bond donors (Lipinski definition) is 1. The number of carbonyl (C=O) groups is 1. The van der Waals surface area contributed by atoms with Crippen LogP contribution >= 0.6 is 23.2 Å². The van der Waals surface area contributed by atoms with E-state index in [1.165, 1.54) is 0 Å². The molecule has 68 valence electrons. The molecule has 1 unspecified atom stereocenters. The van der Waals surface area contributed by atoms with Gasteiger partial charge in [-0.3, -0.25) is 4.79 Å². The van der Waals surface area contributed by atoms with Crippen LogP contribution in [0.15, 0.2) is 18.2 Å². The fraction of sp³-hybridized carbons (Fsp3) is 0.222. The Kier molecular flexibility index (Phi) is 2.18. The van der Waals surface area contributed by atoms with Crippen molar-refractivity contribution in [2.24, 2.45) is 0 Å². The molecule has 0 aliphatic carbocycles. The maximum atomic E-state index is 10.7. The zero-order valence-electron chi connectivity index (χ0n) is 6.68. The van der Waals surface area contributed by atoms with E-state index in [1.54, 1.807) is 6.07 Å². The molecular formula is C9H7Cl2NO. The highest BCUT2D eigenvalue weighted by molar-refractivity contribution is 6.42. The minimum absolute atomic E-state index is 0.0405. The molecule has 13 heavy (non-hydrogen) atoms. The van der Waals surface area contributed by atoms with Crippen molar-refractivity contribution < 1.29 is 4.79 Å². The van der Waals surface area contributed by atoms with E-state index in [0.717, 1.165) is 5.56 Å². The number of nitrogens with one attached hydrogen (secondary N) is 1. The molecule has 0 aromatic heterocycles. The average Bonchev–Trinajstić information content (AvgIpc) is 2.05. The highest BCUT2D eigenvalue weighted by Crippen LogP contribution is 2.33. The molecule has 0 spiro atoms. The number of carbonyl (C=O) groups excluding carboxylic acids is 1. The largest absolute Gasteiger partial charge is 0.349 e. The Morgan fingerprint density at radius 1 is 1.38 bits per heavy atom. The summed E-state index contributed by atoms with van der Waals surface area (Å²) in [6.45, 7) is 0. The van der Waals surface area contributed by atoms with E-state index in [4.69, 9.17) is 23.2 Å². The van der Waals surface area contributed by atoms with Gasteiger partial charge in [0.25, 0.3) is 0 Å². The Labute approximate surface area is 85.8 Å². The molecule has 4 heteroatoms. The second-order valence-electron chi connectivity index (χ2n) is 2.97. The third kappa shape index (κ3) is 1.52. The van der Waals surface area contributed by atoms with Crippen molar-refractivity contribution in [1.29, 1.82) is 0 Å². The molecule has 1 heterocycles. The molecule has 0 bridgehead atoms. The van der Waals surface area contributed by atoms with Gasteiger partial charge in [-0.25, -0.2) is 0 Å². The summed E-state index contributed by atoms with van der Waals surface area (Å²) in [6, 6.07) is 5.47. The predicted octanol–water partition coefficient (Wildman–Crippen LogP) is 2.55. The number of halogens is 2. The fourth-order valence-corrected chi connectivity index (χ4v) is 1.78. The number of rotatable bonds is 1. The maximum Gasteiger partial charge on any atom is 0.222 e. The maximum absolute atomic E-state index is 10.7. The van der Waals surface area contributed by atoms with E-state index in [2.05, 4.69) is 5.32 Å². The SMILES string of the molecule is O=C1CC(c2cccc(Cl)c2Cl)N1. The number of amides is 1. The zero-order valence-corrected chi connectivity index (χ0v) is 8.19. The molecule has 2 rings (SSSR count). The summed E-state index contributed by atoms with van der Waals surface area (Å²) in [4.78, 5) is 10.7. The lowest BCUT2D eigenvalue weighted by atomic mass is 9.97. The van der Waals surface area contributed by atoms with Gasteiger partial charge in [0.2, 0.25) is 5.91 Å². The van der Waals surface area contributed by atoms with Gasteiger partial charge in [-0.1, -0.05) is 35.3 Å². The average molecular weight is 216 g/mol. The summed E-state index contributed by atoms with van der Waals surface area (Å²) in [6.07, 6.45) is 0.500. The second kappa shape index (κ2) is 3.20. The normalized spacial score (nSPS) is 20.8. The van der Waals surface area contributed by atoms with Gasteiger partial charge in [0.1, 0.15) is 0 Å². The van der Waals surface area contributed by atoms with Crippen LogP contribution in [0, 0.1) is 0 Å². The monoisotopic (exact) mass is 215 g/mol. The third-order valence-electron chi connectivity index (χ3n) is 2.08. The van der Waals surface area contributed by atoms with Crippen LogP contribution in [0.2, 0.25) is 10.0 Å². The van der Waals surface area contributed by atoms with Crippen molar-refractivity contribution in [2.45, 2.75) is 12.5 Å². The molecule has 1 aromatic rings. The Bertz CT molecular complexity index is 357. The number of benzene rings is 1. The first kappa shape index (κ1) is 8.85. The smallest absolute Gasteiger partial charge is 0.222 e. The van der Waals surface area contributed by atoms with Crippen LogP contribution < -0.4 is 5.32 Å². The highest BCUT2D eigenvalue weighted by Gasteiger charge is 2.28. The van der Waals surface area contributed by atoms with Crippen molar-refractivity contribution in [3.63, 3.8) is 0 Å². The summed E-state index contributed by atoms with van der Waals surface area (Å²) in [7, 11) is 0. The van der Waals surface area contributed by atoms with Gasteiger partial charge >= 0.3 is 0 Å². The van der Waals surface area contributed by atoms with Gasteiger partial charge in [-0.15, -0.1) is 0 Å². The molecule has 1 fully saturated rings. The van der Waals surface area contributed by atoms with E-state index in [0.29, 0.717) is 16.5 Å². The van der Waals surface area contributed by atoms with Crippen LogP contribution in [-0.4, -0.2) is 5.91 Å². The van der Waals surface area contributed by atoms with Crippen molar-refractivity contribution in [2.75, 3.05) is 0 Å². The number of β-lactam (4-membered cyclic amide) rings is 1. The van der Waals surface area contributed by atoms with E-state index >= 15 is 0 Å². The van der Waals surface area contributed by atoms with E-state index < -0.39 is 0 Å². The van der Waals surface area contributed by atoms with Crippen molar-refractivity contribution >= 4 is 29.1 Å². The summed E-state index contributed by atoms with van der Waals surface area (Å²) >= 11 is 11.8. The Morgan fingerprint density at radius 3 is 2.69 bits per heavy atom. The Morgan fingerprint density at radius 2 is 2.08 bits per heavy atom. The van der Waals surface area contributed by atoms with E-state index in [-0.39, 0.29) is 11.9 Å². The van der Waals surface area contributed by atoms with Crippen molar-refractivity contribution in [3.8, 4) is 0 Å².